The van der Waals surface area contributed by atoms with Gasteiger partial charge in [0.15, 0.2) is 0 Å². The van der Waals surface area contributed by atoms with Crippen LogP contribution < -0.4 is 9.80 Å². The van der Waals surface area contributed by atoms with E-state index in [4.69, 9.17) is 5.11 Å². The molecule has 0 bridgehead atoms. The molecular formula is C19H22N2O3. The van der Waals surface area contributed by atoms with Crippen LogP contribution in [0.1, 0.15) is 12.8 Å². The lowest BCUT2D eigenvalue weighted by Gasteiger charge is -2.44. The molecule has 1 fully saturated rings. The number of aromatic hydroxyl groups is 1. The first-order valence-corrected chi connectivity index (χ1v) is 8.21. The third kappa shape index (κ3) is 3.79. The molecule has 1 aliphatic rings. The van der Waals surface area contributed by atoms with E-state index in [0.29, 0.717) is 6.42 Å². The highest BCUT2D eigenvalue weighted by molar-refractivity contribution is 5.67. The lowest BCUT2D eigenvalue weighted by Crippen LogP contribution is -2.53. The van der Waals surface area contributed by atoms with Crippen molar-refractivity contribution >= 4 is 17.3 Å². The van der Waals surface area contributed by atoms with E-state index in [0.717, 1.165) is 31.0 Å². The van der Waals surface area contributed by atoms with Crippen LogP contribution in [0.25, 0.3) is 0 Å². The summed E-state index contributed by atoms with van der Waals surface area (Å²) >= 11 is 0. The van der Waals surface area contributed by atoms with Crippen LogP contribution in [0.4, 0.5) is 11.4 Å². The summed E-state index contributed by atoms with van der Waals surface area (Å²) in [6.07, 6.45) is 0.719. The Kier molecular flexibility index (Phi) is 4.89. The van der Waals surface area contributed by atoms with Gasteiger partial charge in [0.25, 0.3) is 0 Å². The summed E-state index contributed by atoms with van der Waals surface area (Å²) in [5.41, 5.74) is 2.10. The maximum Gasteiger partial charge on any atom is 0.303 e. The van der Waals surface area contributed by atoms with Gasteiger partial charge in [-0.3, -0.25) is 4.79 Å². The molecule has 1 aliphatic heterocycles. The van der Waals surface area contributed by atoms with E-state index in [1.807, 2.05) is 30.3 Å². The predicted octanol–water partition coefficient (Wildman–Crippen LogP) is 2.95. The molecule has 0 amide bonds. The molecule has 24 heavy (non-hydrogen) atoms. The van der Waals surface area contributed by atoms with E-state index >= 15 is 0 Å². The zero-order valence-electron chi connectivity index (χ0n) is 13.5. The van der Waals surface area contributed by atoms with Gasteiger partial charge in [-0.15, -0.1) is 0 Å². The second-order valence-corrected chi connectivity index (χ2v) is 6.08. The Bertz CT molecular complexity index is 690. The van der Waals surface area contributed by atoms with Crippen LogP contribution in [-0.4, -0.2) is 41.9 Å². The highest BCUT2D eigenvalue weighted by Gasteiger charge is 2.28. The number of hydrogen-bond donors (Lipinski definition) is 2. The topological polar surface area (TPSA) is 64.0 Å². The predicted molar refractivity (Wildman–Crippen MR) is 94.8 cm³/mol. The van der Waals surface area contributed by atoms with Gasteiger partial charge in [0, 0.05) is 49.5 Å². The number of hydrogen-bond acceptors (Lipinski definition) is 4. The van der Waals surface area contributed by atoms with Crippen molar-refractivity contribution in [3.8, 4) is 5.75 Å². The normalized spacial score (nSPS) is 17.8. The maximum atomic E-state index is 11.0. The van der Waals surface area contributed by atoms with Gasteiger partial charge in [-0.05, 0) is 30.7 Å². The van der Waals surface area contributed by atoms with Crippen LogP contribution in [0.2, 0.25) is 0 Å². The molecule has 0 spiro atoms. The molecule has 2 aromatic rings. The number of phenols is 1. The first-order chi connectivity index (χ1) is 11.6. The summed E-state index contributed by atoms with van der Waals surface area (Å²) in [6, 6.07) is 17.5. The van der Waals surface area contributed by atoms with Gasteiger partial charge < -0.3 is 20.0 Å². The quantitative estimate of drug-likeness (QED) is 0.884. The largest absolute Gasteiger partial charge is 0.508 e. The maximum absolute atomic E-state index is 11.0. The summed E-state index contributed by atoms with van der Waals surface area (Å²) in [7, 11) is 0. The summed E-state index contributed by atoms with van der Waals surface area (Å²) in [6.45, 7) is 2.43. The van der Waals surface area contributed by atoms with Gasteiger partial charge in [0.1, 0.15) is 5.75 Å². The molecule has 5 nitrogen and oxygen atoms in total. The number of anilines is 2. The molecule has 2 aromatic carbocycles. The summed E-state index contributed by atoms with van der Waals surface area (Å²) < 4.78 is 0. The van der Waals surface area contributed by atoms with E-state index < -0.39 is 5.97 Å². The fourth-order valence-electron chi connectivity index (χ4n) is 3.28. The van der Waals surface area contributed by atoms with Crippen molar-refractivity contribution in [1.82, 2.24) is 0 Å². The van der Waals surface area contributed by atoms with Crippen LogP contribution in [0.15, 0.2) is 54.6 Å². The van der Waals surface area contributed by atoms with E-state index in [2.05, 4.69) is 21.9 Å². The zero-order chi connectivity index (χ0) is 16.9. The summed E-state index contributed by atoms with van der Waals surface area (Å²) in [5, 5.41) is 18.8. The Morgan fingerprint density at radius 2 is 1.79 bits per heavy atom. The van der Waals surface area contributed by atoms with Crippen molar-refractivity contribution < 1.29 is 15.0 Å². The van der Waals surface area contributed by atoms with E-state index in [-0.39, 0.29) is 18.2 Å². The van der Waals surface area contributed by atoms with Gasteiger partial charge in [-0.25, -0.2) is 0 Å². The van der Waals surface area contributed by atoms with Gasteiger partial charge in [0.2, 0.25) is 0 Å². The molecular weight excluding hydrogens is 304 g/mol. The lowest BCUT2D eigenvalue weighted by atomic mass is 10.0. The third-order valence-electron chi connectivity index (χ3n) is 4.46. The summed E-state index contributed by atoms with van der Waals surface area (Å²) in [5.74, 6) is -0.544. The van der Waals surface area contributed by atoms with Crippen molar-refractivity contribution in [3.05, 3.63) is 54.6 Å². The molecule has 1 atom stereocenters. The Balaban J connectivity index is 1.80. The Hall–Kier alpha value is -2.69. The number of carboxylic acids is 1. The minimum absolute atomic E-state index is 0.0943. The van der Waals surface area contributed by atoms with Crippen LogP contribution in [-0.2, 0) is 4.79 Å². The first kappa shape index (κ1) is 16.2. The Morgan fingerprint density at radius 3 is 2.50 bits per heavy atom. The van der Waals surface area contributed by atoms with E-state index in [9.17, 15) is 9.90 Å². The van der Waals surface area contributed by atoms with Gasteiger partial charge >= 0.3 is 5.97 Å². The van der Waals surface area contributed by atoms with Crippen LogP contribution in [0, 0.1) is 0 Å². The summed E-state index contributed by atoms with van der Waals surface area (Å²) in [4.78, 5) is 15.5. The van der Waals surface area contributed by atoms with Crippen LogP contribution >= 0.6 is 0 Å². The minimum atomic E-state index is -0.775. The molecule has 3 rings (SSSR count). The molecule has 0 saturated carbocycles. The number of aliphatic carboxylic acids is 1. The average molecular weight is 326 g/mol. The van der Waals surface area contributed by atoms with Crippen LogP contribution in [0.5, 0.6) is 5.75 Å². The molecule has 2 N–H and O–H groups in total. The first-order valence-electron chi connectivity index (χ1n) is 8.21. The Morgan fingerprint density at radius 1 is 1.04 bits per heavy atom. The van der Waals surface area contributed by atoms with Gasteiger partial charge in [0.05, 0.1) is 0 Å². The number of nitrogens with zero attached hydrogens (tertiary/aromatic N) is 2. The lowest BCUT2D eigenvalue weighted by molar-refractivity contribution is -0.137. The van der Waals surface area contributed by atoms with Gasteiger partial charge in [-0.2, -0.15) is 0 Å². The molecule has 0 aliphatic carbocycles. The van der Waals surface area contributed by atoms with Crippen molar-refractivity contribution in [2.75, 3.05) is 29.4 Å². The Labute approximate surface area is 141 Å². The molecule has 5 heteroatoms. The second kappa shape index (κ2) is 7.25. The van der Waals surface area contributed by atoms with Gasteiger partial charge in [-0.1, -0.05) is 24.3 Å². The molecule has 126 valence electrons. The number of phenolic OH excluding ortho intramolecular Hbond substituents is 1. The fourth-order valence-corrected chi connectivity index (χ4v) is 3.28. The SMILES string of the molecule is O=C(O)CC[C@H]1CN(c2ccccc2)CCN1c1cccc(O)c1. The second-order valence-electron chi connectivity index (χ2n) is 6.08. The molecule has 1 saturated heterocycles. The number of para-hydroxylation sites is 1. The van der Waals surface area contributed by atoms with Crippen molar-refractivity contribution in [2.24, 2.45) is 0 Å². The third-order valence-corrected chi connectivity index (χ3v) is 4.46. The number of piperazine rings is 1. The van der Waals surface area contributed by atoms with Crippen molar-refractivity contribution in [1.29, 1.82) is 0 Å². The molecule has 1 heterocycles. The monoisotopic (exact) mass is 326 g/mol. The van der Waals surface area contributed by atoms with E-state index in [1.165, 1.54) is 0 Å². The number of rotatable bonds is 5. The zero-order valence-corrected chi connectivity index (χ0v) is 13.5. The van der Waals surface area contributed by atoms with Crippen LogP contribution in [0.3, 0.4) is 0 Å². The fraction of sp³-hybridized carbons (Fsp3) is 0.316. The number of carboxylic acid groups (broad SMARTS) is 1. The highest BCUT2D eigenvalue weighted by atomic mass is 16.4. The van der Waals surface area contributed by atoms with Crippen molar-refractivity contribution in [2.45, 2.75) is 18.9 Å². The van der Waals surface area contributed by atoms with Crippen molar-refractivity contribution in [3.63, 3.8) is 0 Å². The minimum Gasteiger partial charge on any atom is -0.508 e. The number of benzene rings is 2. The smallest absolute Gasteiger partial charge is 0.303 e. The molecule has 0 unspecified atom stereocenters. The highest BCUT2D eigenvalue weighted by Crippen LogP contribution is 2.28. The number of carbonyl (C=O) groups is 1. The standard InChI is InChI=1S/C19H22N2O3/c22-18-8-4-7-16(13-18)21-12-11-20(15-5-2-1-3-6-15)14-17(21)9-10-19(23)24/h1-8,13,17,22H,9-12,14H2,(H,23,24)/t17-/m0/s1. The molecule has 0 aromatic heterocycles. The molecule has 0 radical (unpaired) electrons. The average Bonchev–Trinajstić information content (AvgIpc) is 2.60. The van der Waals surface area contributed by atoms with E-state index in [1.54, 1.807) is 12.1 Å².